The van der Waals surface area contributed by atoms with Crippen molar-refractivity contribution in [2.75, 3.05) is 4.90 Å². The lowest BCUT2D eigenvalue weighted by Crippen LogP contribution is -2.35. The highest BCUT2D eigenvalue weighted by Crippen LogP contribution is 2.35. The number of thioether (sulfide) groups is 1. The van der Waals surface area contributed by atoms with E-state index < -0.39 is 5.25 Å². The summed E-state index contributed by atoms with van der Waals surface area (Å²) in [5.41, 5.74) is 2.54. The smallest absolute Gasteiger partial charge is 0.247 e. The van der Waals surface area contributed by atoms with Gasteiger partial charge in [0.25, 0.3) is 0 Å². The summed E-state index contributed by atoms with van der Waals surface area (Å²) < 4.78 is 0. The number of rotatable bonds is 6. The Bertz CT molecular complexity index is 1070. The van der Waals surface area contributed by atoms with Crippen LogP contribution in [0.3, 0.4) is 0 Å². The Morgan fingerprint density at radius 1 is 0.968 bits per heavy atom. The number of carbonyl (C=O) groups is 2. The summed E-state index contributed by atoms with van der Waals surface area (Å²) in [6.45, 7) is 1.94. The standard InChI is InChI=1S/C25H23N3O2S/c1-18(19-11-5-2-6-12-19)26-23(29)17-22-24(30)28(21-15-9-4-10-16-21)25(31-22)27-20-13-7-3-8-14-20/h2-16,18,22H,17H2,1H3,(H,26,29). The molecule has 156 valence electrons. The van der Waals surface area contributed by atoms with Crippen molar-refractivity contribution < 1.29 is 9.59 Å². The fraction of sp³-hybridized carbons (Fsp3) is 0.160. The van der Waals surface area contributed by atoms with Gasteiger partial charge < -0.3 is 5.32 Å². The Hall–Kier alpha value is -3.38. The molecule has 6 heteroatoms. The van der Waals surface area contributed by atoms with Gasteiger partial charge in [-0.15, -0.1) is 0 Å². The molecule has 0 saturated carbocycles. The summed E-state index contributed by atoms with van der Waals surface area (Å²) in [7, 11) is 0. The molecule has 1 heterocycles. The maximum atomic E-state index is 13.2. The normalized spacial score (nSPS) is 18.2. The largest absolute Gasteiger partial charge is 0.350 e. The average molecular weight is 430 g/mol. The number of para-hydroxylation sites is 2. The Labute approximate surface area is 186 Å². The van der Waals surface area contributed by atoms with Crippen LogP contribution in [-0.4, -0.2) is 22.2 Å². The summed E-state index contributed by atoms with van der Waals surface area (Å²) in [5, 5.41) is 3.06. The van der Waals surface area contributed by atoms with E-state index in [0.717, 1.165) is 16.9 Å². The van der Waals surface area contributed by atoms with Crippen LogP contribution in [0.15, 0.2) is 96.0 Å². The minimum atomic E-state index is -0.523. The Kier molecular flexibility index (Phi) is 6.48. The molecule has 2 atom stereocenters. The molecule has 2 amide bonds. The van der Waals surface area contributed by atoms with Crippen LogP contribution >= 0.6 is 11.8 Å². The van der Waals surface area contributed by atoms with E-state index in [1.54, 1.807) is 4.90 Å². The molecule has 0 aliphatic carbocycles. The molecule has 1 saturated heterocycles. The van der Waals surface area contributed by atoms with Crippen molar-refractivity contribution in [2.24, 2.45) is 4.99 Å². The van der Waals surface area contributed by atoms with Crippen molar-refractivity contribution in [1.29, 1.82) is 0 Å². The first-order valence-electron chi connectivity index (χ1n) is 10.2. The third-order valence-electron chi connectivity index (χ3n) is 4.98. The predicted octanol–water partition coefficient (Wildman–Crippen LogP) is 5.09. The molecule has 5 nitrogen and oxygen atoms in total. The van der Waals surface area contributed by atoms with E-state index in [1.165, 1.54) is 11.8 Å². The summed E-state index contributed by atoms with van der Waals surface area (Å²) >= 11 is 1.33. The van der Waals surface area contributed by atoms with E-state index in [4.69, 9.17) is 0 Å². The first-order chi connectivity index (χ1) is 15.1. The number of aliphatic imine (C=N–C) groups is 1. The SMILES string of the molecule is CC(NC(=O)CC1SC(=Nc2ccccc2)N(c2ccccc2)C1=O)c1ccccc1. The van der Waals surface area contributed by atoms with E-state index in [1.807, 2.05) is 97.9 Å². The number of amidine groups is 1. The molecule has 2 unspecified atom stereocenters. The summed E-state index contributed by atoms with van der Waals surface area (Å²) in [6.07, 6.45) is 0.0951. The van der Waals surface area contributed by atoms with Gasteiger partial charge in [-0.1, -0.05) is 78.5 Å². The third kappa shape index (κ3) is 5.03. The number of benzene rings is 3. The van der Waals surface area contributed by atoms with E-state index in [0.29, 0.717) is 5.17 Å². The van der Waals surface area contributed by atoms with Gasteiger partial charge >= 0.3 is 0 Å². The zero-order chi connectivity index (χ0) is 21.6. The van der Waals surface area contributed by atoms with Gasteiger partial charge in [-0.25, -0.2) is 4.99 Å². The molecule has 1 aliphatic rings. The van der Waals surface area contributed by atoms with Gasteiger partial charge in [0.05, 0.1) is 17.4 Å². The minimum Gasteiger partial charge on any atom is -0.350 e. The molecule has 4 rings (SSSR count). The zero-order valence-corrected chi connectivity index (χ0v) is 18.0. The number of hydrogen-bond acceptors (Lipinski definition) is 4. The van der Waals surface area contributed by atoms with Crippen LogP contribution in [-0.2, 0) is 9.59 Å². The Morgan fingerprint density at radius 2 is 1.55 bits per heavy atom. The average Bonchev–Trinajstić information content (AvgIpc) is 3.09. The van der Waals surface area contributed by atoms with Gasteiger partial charge in [0.1, 0.15) is 5.25 Å². The van der Waals surface area contributed by atoms with Crippen molar-refractivity contribution >= 4 is 40.1 Å². The predicted molar refractivity (Wildman–Crippen MR) is 126 cm³/mol. The van der Waals surface area contributed by atoms with Gasteiger partial charge in [0.2, 0.25) is 11.8 Å². The lowest BCUT2D eigenvalue weighted by atomic mass is 10.1. The molecule has 31 heavy (non-hydrogen) atoms. The highest BCUT2D eigenvalue weighted by Gasteiger charge is 2.40. The zero-order valence-electron chi connectivity index (χ0n) is 17.1. The summed E-state index contributed by atoms with van der Waals surface area (Å²) in [4.78, 5) is 32.2. The van der Waals surface area contributed by atoms with E-state index >= 15 is 0 Å². The van der Waals surface area contributed by atoms with Crippen molar-refractivity contribution in [3.8, 4) is 0 Å². The second-order valence-electron chi connectivity index (χ2n) is 7.25. The lowest BCUT2D eigenvalue weighted by Gasteiger charge is -2.17. The molecule has 0 aromatic heterocycles. The number of anilines is 1. The van der Waals surface area contributed by atoms with Crippen LogP contribution in [0.4, 0.5) is 11.4 Å². The summed E-state index contributed by atoms with van der Waals surface area (Å²) in [6, 6.07) is 28.6. The highest BCUT2D eigenvalue weighted by molar-refractivity contribution is 8.16. The molecule has 0 bridgehead atoms. The highest BCUT2D eigenvalue weighted by atomic mass is 32.2. The molecular formula is C25H23N3O2S. The Balaban J connectivity index is 1.53. The van der Waals surface area contributed by atoms with E-state index in [2.05, 4.69) is 10.3 Å². The van der Waals surface area contributed by atoms with Crippen molar-refractivity contribution in [1.82, 2.24) is 5.32 Å². The number of nitrogens with one attached hydrogen (secondary N) is 1. The molecular weight excluding hydrogens is 406 g/mol. The van der Waals surface area contributed by atoms with Crippen LogP contribution in [0.5, 0.6) is 0 Å². The molecule has 0 radical (unpaired) electrons. The maximum absolute atomic E-state index is 13.2. The second-order valence-corrected chi connectivity index (χ2v) is 8.42. The van der Waals surface area contributed by atoms with Crippen LogP contribution in [0, 0.1) is 0 Å². The minimum absolute atomic E-state index is 0.0951. The maximum Gasteiger partial charge on any atom is 0.247 e. The van der Waals surface area contributed by atoms with Crippen molar-refractivity contribution in [3.05, 3.63) is 96.6 Å². The van der Waals surface area contributed by atoms with Crippen LogP contribution in [0.1, 0.15) is 24.9 Å². The molecule has 1 N–H and O–H groups in total. The molecule has 1 aliphatic heterocycles. The lowest BCUT2D eigenvalue weighted by molar-refractivity contribution is -0.124. The fourth-order valence-electron chi connectivity index (χ4n) is 3.40. The number of amides is 2. The van der Waals surface area contributed by atoms with E-state index in [9.17, 15) is 9.59 Å². The first-order valence-corrected chi connectivity index (χ1v) is 11.0. The van der Waals surface area contributed by atoms with Gasteiger partial charge in [-0.05, 0) is 36.8 Å². The quantitative estimate of drug-likeness (QED) is 0.594. The second kappa shape index (κ2) is 9.62. The monoisotopic (exact) mass is 429 g/mol. The molecule has 3 aromatic rings. The molecule has 3 aromatic carbocycles. The van der Waals surface area contributed by atoms with Gasteiger partial charge in [-0.2, -0.15) is 0 Å². The van der Waals surface area contributed by atoms with Crippen LogP contribution in [0.2, 0.25) is 0 Å². The first kappa shape index (κ1) is 20.9. The number of hydrogen-bond donors (Lipinski definition) is 1. The summed E-state index contributed by atoms with van der Waals surface area (Å²) in [5.74, 6) is -0.287. The van der Waals surface area contributed by atoms with Crippen LogP contribution in [0.25, 0.3) is 0 Å². The van der Waals surface area contributed by atoms with Crippen molar-refractivity contribution in [3.63, 3.8) is 0 Å². The van der Waals surface area contributed by atoms with Crippen LogP contribution < -0.4 is 10.2 Å². The number of carbonyl (C=O) groups excluding carboxylic acids is 2. The van der Waals surface area contributed by atoms with Gasteiger partial charge in [0, 0.05) is 6.42 Å². The van der Waals surface area contributed by atoms with Crippen molar-refractivity contribution in [2.45, 2.75) is 24.6 Å². The molecule has 0 spiro atoms. The number of nitrogens with zero attached hydrogens (tertiary/aromatic N) is 2. The third-order valence-corrected chi connectivity index (χ3v) is 6.12. The van der Waals surface area contributed by atoms with Gasteiger partial charge in [0.15, 0.2) is 5.17 Å². The van der Waals surface area contributed by atoms with Gasteiger partial charge in [-0.3, -0.25) is 14.5 Å². The molecule has 1 fully saturated rings. The topological polar surface area (TPSA) is 61.8 Å². The Morgan fingerprint density at radius 3 is 2.19 bits per heavy atom. The van der Waals surface area contributed by atoms with E-state index in [-0.39, 0.29) is 24.3 Å². The fourth-order valence-corrected chi connectivity index (χ4v) is 4.55.